The molecule has 0 amide bonds. The predicted octanol–water partition coefficient (Wildman–Crippen LogP) is 7.91. The van der Waals surface area contributed by atoms with Crippen molar-refractivity contribution in [3.8, 4) is 6.07 Å². The van der Waals surface area contributed by atoms with E-state index in [-0.39, 0.29) is 0 Å². The van der Waals surface area contributed by atoms with Crippen LogP contribution < -0.4 is 4.90 Å². The van der Waals surface area contributed by atoms with Crippen molar-refractivity contribution in [1.29, 1.82) is 5.26 Å². The monoisotopic (exact) mass is 408 g/mol. The van der Waals surface area contributed by atoms with Crippen LogP contribution in [0.15, 0.2) is 65.1 Å². The molecule has 1 aliphatic rings. The van der Waals surface area contributed by atoms with Crippen molar-refractivity contribution in [1.82, 2.24) is 0 Å². The second-order valence-corrected chi connectivity index (χ2v) is 9.64. The molecule has 0 atom stereocenters. The fourth-order valence-electron chi connectivity index (χ4n) is 5.02. The Morgan fingerprint density at radius 3 is 2.23 bits per heavy atom. The van der Waals surface area contributed by atoms with E-state index in [4.69, 9.17) is 9.68 Å². The molecule has 0 N–H and O–H groups in total. The Bertz CT molecular complexity index is 1280. The van der Waals surface area contributed by atoms with Crippen molar-refractivity contribution >= 4 is 33.3 Å². The van der Waals surface area contributed by atoms with Crippen LogP contribution in [0, 0.1) is 16.7 Å². The molecule has 0 saturated heterocycles. The molecular weight excluding hydrogens is 380 g/mol. The van der Waals surface area contributed by atoms with E-state index in [0.717, 1.165) is 27.9 Å². The average Bonchev–Trinajstić information content (AvgIpc) is 3.18. The van der Waals surface area contributed by atoms with Gasteiger partial charge in [-0.2, -0.15) is 5.26 Å². The first kappa shape index (κ1) is 19.7. The second-order valence-electron chi connectivity index (χ2n) is 9.64. The summed E-state index contributed by atoms with van der Waals surface area (Å²) in [6, 6.07) is 22.8. The van der Waals surface area contributed by atoms with Crippen molar-refractivity contribution < 1.29 is 4.42 Å². The second kappa shape index (κ2) is 7.46. The molecule has 31 heavy (non-hydrogen) atoms. The van der Waals surface area contributed by atoms with Crippen molar-refractivity contribution in [2.45, 2.75) is 45.4 Å². The lowest BCUT2D eigenvalue weighted by atomic mass is 9.71. The lowest BCUT2D eigenvalue weighted by Crippen LogP contribution is -2.20. The Labute approximate surface area is 183 Å². The number of hydrogen-bond donors (Lipinski definition) is 0. The molecule has 1 fully saturated rings. The highest BCUT2D eigenvalue weighted by molar-refractivity contribution is 6.10. The summed E-state index contributed by atoms with van der Waals surface area (Å²) < 4.78 is 6.61. The summed E-state index contributed by atoms with van der Waals surface area (Å²) in [6.07, 6.45) is 4.98. The number of nitriles is 1. The van der Waals surface area contributed by atoms with Gasteiger partial charge in [-0.25, -0.2) is 0 Å². The number of fused-ring (bicyclic) bond motifs is 3. The summed E-state index contributed by atoms with van der Waals surface area (Å²) in [6.45, 7) is 4.77. The first-order valence-electron chi connectivity index (χ1n) is 11.1. The average molecular weight is 409 g/mol. The summed E-state index contributed by atoms with van der Waals surface area (Å²) in [5.41, 5.74) is 6.51. The lowest BCUT2D eigenvalue weighted by Gasteiger charge is -2.34. The van der Waals surface area contributed by atoms with Gasteiger partial charge >= 0.3 is 0 Å². The SMILES string of the molecule is CN(c1ccc(C#N)cc1)c1cccc2c1oc1c(C3CCC(C)(C)CC3)cccc12. The van der Waals surface area contributed by atoms with E-state index in [9.17, 15) is 0 Å². The summed E-state index contributed by atoms with van der Waals surface area (Å²) in [5, 5.41) is 11.4. The van der Waals surface area contributed by atoms with Gasteiger partial charge in [-0.15, -0.1) is 0 Å². The fourth-order valence-corrected chi connectivity index (χ4v) is 5.02. The minimum absolute atomic E-state index is 0.454. The molecule has 5 rings (SSSR count). The topological polar surface area (TPSA) is 40.2 Å². The van der Waals surface area contributed by atoms with Crippen LogP contribution in [-0.2, 0) is 0 Å². The Morgan fingerprint density at radius 1 is 0.903 bits per heavy atom. The molecule has 3 heteroatoms. The maximum absolute atomic E-state index is 9.09. The highest BCUT2D eigenvalue weighted by atomic mass is 16.3. The van der Waals surface area contributed by atoms with Gasteiger partial charge in [-0.05, 0) is 72.9 Å². The molecule has 156 valence electrons. The zero-order chi connectivity index (χ0) is 21.6. The van der Waals surface area contributed by atoms with Gasteiger partial charge in [0.2, 0.25) is 0 Å². The van der Waals surface area contributed by atoms with E-state index < -0.39 is 0 Å². The molecule has 3 nitrogen and oxygen atoms in total. The summed E-state index contributed by atoms with van der Waals surface area (Å²) in [4.78, 5) is 2.13. The Kier molecular flexibility index (Phi) is 4.74. The quantitative estimate of drug-likeness (QED) is 0.346. The van der Waals surface area contributed by atoms with Gasteiger partial charge in [0, 0.05) is 23.5 Å². The van der Waals surface area contributed by atoms with Gasteiger partial charge in [-0.3, -0.25) is 0 Å². The first-order valence-corrected chi connectivity index (χ1v) is 11.1. The van der Waals surface area contributed by atoms with E-state index in [1.807, 2.05) is 31.3 Å². The van der Waals surface area contributed by atoms with Crippen molar-refractivity contribution in [3.05, 3.63) is 71.8 Å². The van der Waals surface area contributed by atoms with E-state index in [1.165, 1.54) is 36.6 Å². The summed E-state index contributed by atoms with van der Waals surface area (Å²) in [5.74, 6) is 0.567. The zero-order valence-corrected chi connectivity index (χ0v) is 18.5. The van der Waals surface area contributed by atoms with E-state index in [0.29, 0.717) is 16.9 Å². The van der Waals surface area contributed by atoms with Crippen LogP contribution in [0.4, 0.5) is 11.4 Å². The number of rotatable bonds is 3. The molecule has 0 radical (unpaired) electrons. The summed E-state index contributed by atoms with van der Waals surface area (Å²) in [7, 11) is 2.05. The standard InChI is InChI=1S/C28H28N2O/c1-28(2)16-14-20(15-17-28)22-6-4-7-23-24-8-5-9-25(27(24)31-26(22)23)30(3)21-12-10-19(18-29)11-13-21/h4-13,20H,14-17H2,1-3H3. The molecule has 0 unspecified atom stereocenters. The minimum atomic E-state index is 0.454. The smallest absolute Gasteiger partial charge is 0.159 e. The van der Waals surface area contributed by atoms with E-state index in [2.05, 4.69) is 61.2 Å². The Morgan fingerprint density at radius 2 is 1.55 bits per heavy atom. The van der Waals surface area contributed by atoms with Gasteiger partial charge in [0.25, 0.3) is 0 Å². The first-order chi connectivity index (χ1) is 15.0. The van der Waals surface area contributed by atoms with Gasteiger partial charge in [0.15, 0.2) is 5.58 Å². The molecule has 4 aromatic rings. The molecular formula is C28H28N2O. The van der Waals surface area contributed by atoms with Gasteiger partial charge < -0.3 is 9.32 Å². The number of anilines is 2. The third kappa shape index (κ3) is 3.47. The largest absolute Gasteiger partial charge is 0.454 e. The third-order valence-corrected chi connectivity index (χ3v) is 7.06. The van der Waals surface area contributed by atoms with E-state index >= 15 is 0 Å². The summed E-state index contributed by atoms with van der Waals surface area (Å²) >= 11 is 0. The molecule has 1 aliphatic carbocycles. The normalized spacial score (nSPS) is 16.5. The van der Waals surface area contributed by atoms with Crippen LogP contribution in [0.5, 0.6) is 0 Å². The highest BCUT2D eigenvalue weighted by Gasteiger charge is 2.29. The van der Waals surface area contributed by atoms with Crippen LogP contribution in [0.2, 0.25) is 0 Å². The molecule has 3 aromatic carbocycles. The molecule has 0 spiro atoms. The number of nitrogens with zero attached hydrogens (tertiary/aromatic N) is 2. The fraction of sp³-hybridized carbons (Fsp3) is 0.321. The molecule has 0 aliphatic heterocycles. The van der Waals surface area contributed by atoms with Crippen LogP contribution in [0.1, 0.15) is 56.6 Å². The number of benzene rings is 3. The Hall–Kier alpha value is -3.25. The molecule has 1 saturated carbocycles. The lowest BCUT2D eigenvalue weighted by molar-refractivity contribution is 0.224. The van der Waals surface area contributed by atoms with Crippen LogP contribution in [0.3, 0.4) is 0 Å². The predicted molar refractivity (Wildman–Crippen MR) is 128 cm³/mol. The number of para-hydroxylation sites is 2. The zero-order valence-electron chi connectivity index (χ0n) is 18.5. The van der Waals surface area contributed by atoms with Gasteiger partial charge in [0.1, 0.15) is 5.58 Å². The van der Waals surface area contributed by atoms with E-state index in [1.54, 1.807) is 0 Å². The van der Waals surface area contributed by atoms with Crippen molar-refractivity contribution in [2.75, 3.05) is 11.9 Å². The highest BCUT2D eigenvalue weighted by Crippen LogP contribution is 2.46. The van der Waals surface area contributed by atoms with Crippen LogP contribution in [0.25, 0.3) is 21.9 Å². The Balaban J connectivity index is 1.60. The van der Waals surface area contributed by atoms with Crippen LogP contribution in [-0.4, -0.2) is 7.05 Å². The van der Waals surface area contributed by atoms with Crippen LogP contribution >= 0.6 is 0 Å². The van der Waals surface area contributed by atoms with Gasteiger partial charge in [0.05, 0.1) is 17.3 Å². The molecule has 1 heterocycles. The third-order valence-electron chi connectivity index (χ3n) is 7.06. The number of hydrogen-bond acceptors (Lipinski definition) is 3. The van der Waals surface area contributed by atoms with Crippen molar-refractivity contribution in [3.63, 3.8) is 0 Å². The minimum Gasteiger partial charge on any atom is -0.454 e. The molecule has 1 aromatic heterocycles. The molecule has 0 bridgehead atoms. The van der Waals surface area contributed by atoms with Crippen molar-refractivity contribution in [2.24, 2.45) is 5.41 Å². The number of furan rings is 1. The maximum Gasteiger partial charge on any atom is 0.159 e. The maximum atomic E-state index is 9.09. The van der Waals surface area contributed by atoms with Gasteiger partial charge in [-0.1, -0.05) is 44.2 Å².